The van der Waals surface area contributed by atoms with Gasteiger partial charge in [-0.15, -0.1) is 0 Å². The first kappa shape index (κ1) is 21.3. The molecule has 150 valence electrons. The van der Waals surface area contributed by atoms with Crippen LogP contribution in [-0.2, 0) is 15.8 Å². The van der Waals surface area contributed by atoms with E-state index in [1.807, 2.05) is 0 Å². The van der Waals surface area contributed by atoms with E-state index in [1.54, 1.807) is 6.07 Å². The molecule has 4 nitrogen and oxygen atoms in total. The number of nitrogens with one attached hydrogen (secondary N) is 2. The molecule has 1 aliphatic heterocycles. The van der Waals surface area contributed by atoms with Gasteiger partial charge in [0.2, 0.25) is 11.8 Å². The highest BCUT2D eigenvalue weighted by Crippen LogP contribution is 2.28. The standard InChI is InChI=1S/C12H12F2N2O2.C7H5F3/c13-8-4-1-5-9(10(8)14)16-12(18)7-3-2-6-15-11(7)17;8-7(9,10)6-4-2-1-3-5-6/h1,4-5,7H,2-3,6H2,(H,15,17)(H,16,18);1-5H. The molecule has 9 heteroatoms. The van der Waals surface area contributed by atoms with Crippen molar-refractivity contribution in [1.29, 1.82) is 0 Å². The van der Waals surface area contributed by atoms with Crippen LogP contribution in [0.15, 0.2) is 48.5 Å². The predicted octanol–water partition coefficient (Wildman–Crippen LogP) is 4.13. The van der Waals surface area contributed by atoms with Crippen molar-refractivity contribution < 1.29 is 31.5 Å². The largest absolute Gasteiger partial charge is 0.416 e. The van der Waals surface area contributed by atoms with Crippen LogP contribution in [0.4, 0.5) is 27.6 Å². The van der Waals surface area contributed by atoms with Gasteiger partial charge in [0.1, 0.15) is 5.92 Å². The van der Waals surface area contributed by atoms with Gasteiger partial charge >= 0.3 is 6.18 Å². The molecule has 2 aromatic carbocycles. The molecule has 0 aromatic heterocycles. The summed E-state index contributed by atoms with van der Waals surface area (Å²) in [6.07, 6.45) is -3.11. The Bertz CT molecular complexity index is 825. The first-order chi connectivity index (χ1) is 13.2. The fraction of sp³-hybridized carbons (Fsp3) is 0.263. The summed E-state index contributed by atoms with van der Waals surface area (Å²) in [6.45, 7) is 0.539. The second-order valence-corrected chi connectivity index (χ2v) is 5.94. The first-order valence-corrected chi connectivity index (χ1v) is 8.35. The van der Waals surface area contributed by atoms with E-state index in [9.17, 15) is 31.5 Å². The van der Waals surface area contributed by atoms with Crippen LogP contribution in [0.25, 0.3) is 0 Å². The lowest BCUT2D eigenvalue weighted by atomic mass is 9.97. The van der Waals surface area contributed by atoms with Gasteiger partial charge in [0.15, 0.2) is 11.6 Å². The van der Waals surface area contributed by atoms with Crippen LogP contribution >= 0.6 is 0 Å². The Balaban J connectivity index is 0.000000237. The summed E-state index contributed by atoms with van der Waals surface area (Å²) in [5.74, 6) is -4.00. The Morgan fingerprint density at radius 1 is 1.04 bits per heavy atom. The molecule has 0 radical (unpaired) electrons. The number of alkyl halides is 3. The fourth-order valence-corrected chi connectivity index (χ4v) is 2.47. The molecule has 2 amide bonds. The smallest absolute Gasteiger partial charge is 0.355 e. The summed E-state index contributed by atoms with van der Waals surface area (Å²) in [5, 5.41) is 4.79. The highest BCUT2D eigenvalue weighted by Gasteiger charge is 2.30. The Morgan fingerprint density at radius 2 is 1.71 bits per heavy atom. The van der Waals surface area contributed by atoms with Crippen molar-refractivity contribution in [3.8, 4) is 0 Å². The van der Waals surface area contributed by atoms with Gasteiger partial charge in [-0.3, -0.25) is 9.59 Å². The molecule has 0 saturated carbocycles. The number of anilines is 1. The Hall–Kier alpha value is -2.97. The molecule has 1 heterocycles. The molecule has 2 N–H and O–H groups in total. The quantitative estimate of drug-likeness (QED) is 0.588. The Kier molecular flexibility index (Phi) is 7.08. The molecule has 0 bridgehead atoms. The molecule has 1 unspecified atom stereocenters. The molecular formula is C19H17F5N2O2. The lowest BCUT2D eigenvalue weighted by molar-refractivity contribution is -0.137. The van der Waals surface area contributed by atoms with Crippen molar-refractivity contribution in [2.75, 3.05) is 11.9 Å². The van der Waals surface area contributed by atoms with E-state index in [0.29, 0.717) is 19.4 Å². The number of halogens is 5. The van der Waals surface area contributed by atoms with E-state index in [-0.39, 0.29) is 11.6 Å². The minimum Gasteiger partial charge on any atom is -0.355 e. The number of hydrogen-bond donors (Lipinski definition) is 2. The van der Waals surface area contributed by atoms with Crippen molar-refractivity contribution in [3.63, 3.8) is 0 Å². The van der Waals surface area contributed by atoms with Gasteiger partial charge in [-0.2, -0.15) is 13.2 Å². The van der Waals surface area contributed by atoms with Crippen LogP contribution in [-0.4, -0.2) is 18.4 Å². The Labute approximate surface area is 157 Å². The van der Waals surface area contributed by atoms with Crippen molar-refractivity contribution in [1.82, 2.24) is 5.32 Å². The monoisotopic (exact) mass is 400 g/mol. The normalized spacial score (nSPS) is 16.5. The minimum atomic E-state index is -4.21. The van der Waals surface area contributed by atoms with E-state index in [0.717, 1.165) is 18.2 Å². The summed E-state index contributed by atoms with van der Waals surface area (Å²) in [7, 11) is 0. The number of amides is 2. The Morgan fingerprint density at radius 3 is 2.29 bits per heavy atom. The van der Waals surface area contributed by atoms with Crippen molar-refractivity contribution in [2.45, 2.75) is 19.0 Å². The van der Waals surface area contributed by atoms with Crippen molar-refractivity contribution in [2.24, 2.45) is 5.92 Å². The van der Waals surface area contributed by atoms with Gasteiger partial charge in [-0.1, -0.05) is 36.4 Å². The lowest BCUT2D eigenvalue weighted by Crippen LogP contribution is -2.42. The second kappa shape index (κ2) is 9.29. The van der Waals surface area contributed by atoms with Gasteiger partial charge in [0.05, 0.1) is 11.3 Å². The molecule has 0 aliphatic carbocycles. The number of benzene rings is 2. The number of hydrogen-bond acceptors (Lipinski definition) is 2. The zero-order valence-electron chi connectivity index (χ0n) is 14.5. The highest BCUT2D eigenvalue weighted by atomic mass is 19.4. The van der Waals surface area contributed by atoms with Crippen LogP contribution in [0.3, 0.4) is 0 Å². The average molecular weight is 400 g/mol. The van der Waals surface area contributed by atoms with Crippen LogP contribution in [0, 0.1) is 17.6 Å². The number of rotatable bonds is 2. The molecule has 1 aliphatic rings. The predicted molar refractivity (Wildman–Crippen MR) is 92.2 cm³/mol. The summed E-state index contributed by atoms with van der Waals surface area (Å²) in [6, 6.07) is 9.85. The molecular weight excluding hydrogens is 383 g/mol. The first-order valence-electron chi connectivity index (χ1n) is 8.35. The van der Waals surface area contributed by atoms with E-state index in [1.165, 1.54) is 24.3 Å². The SMILES string of the molecule is FC(F)(F)c1ccccc1.O=C1NCCCC1C(=O)Nc1cccc(F)c1F. The van der Waals surface area contributed by atoms with Crippen molar-refractivity contribution >= 4 is 17.5 Å². The maximum Gasteiger partial charge on any atom is 0.416 e. The number of carbonyl (C=O) groups is 2. The maximum absolute atomic E-state index is 13.3. The zero-order valence-corrected chi connectivity index (χ0v) is 14.5. The van der Waals surface area contributed by atoms with E-state index in [4.69, 9.17) is 0 Å². The summed E-state index contributed by atoms with van der Waals surface area (Å²) >= 11 is 0. The fourth-order valence-electron chi connectivity index (χ4n) is 2.47. The molecule has 0 spiro atoms. The van der Waals surface area contributed by atoms with Gasteiger partial charge < -0.3 is 10.6 Å². The summed E-state index contributed by atoms with van der Waals surface area (Å²) in [4.78, 5) is 23.2. The summed E-state index contributed by atoms with van der Waals surface area (Å²) < 4.78 is 61.6. The van der Waals surface area contributed by atoms with Gasteiger partial charge in [-0.05, 0) is 25.0 Å². The van der Waals surface area contributed by atoms with E-state index >= 15 is 0 Å². The lowest BCUT2D eigenvalue weighted by Gasteiger charge is -2.21. The number of piperidine rings is 1. The third-order valence-corrected chi connectivity index (χ3v) is 3.91. The minimum absolute atomic E-state index is 0.252. The van der Waals surface area contributed by atoms with Crippen molar-refractivity contribution in [3.05, 3.63) is 65.7 Å². The molecule has 1 fully saturated rings. The van der Waals surface area contributed by atoms with Gasteiger partial charge in [0.25, 0.3) is 0 Å². The highest BCUT2D eigenvalue weighted by molar-refractivity contribution is 6.06. The molecule has 1 saturated heterocycles. The van der Waals surface area contributed by atoms with Gasteiger partial charge in [-0.25, -0.2) is 8.78 Å². The van der Waals surface area contributed by atoms with Crippen LogP contribution < -0.4 is 10.6 Å². The number of carbonyl (C=O) groups excluding carboxylic acids is 2. The topological polar surface area (TPSA) is 58.2 Å². The maximum atomic E-state index is 13.3. The third kappa shape index (κ3) is 5.77. The van der Waals surface area contributed by atoms with Crippen LogP contribution in [0.2, 0.25) is 0 Å². The third-order valence-electron chi connectivity index (χ3n) is 3.91. The van der Waals surface area contributed by atoms with Crippen LogP contribution in [0.5, 0.6) is 0 Å². The van der Waals surface area contributed by atoms with E-state index in [2.05, 4.69) is 10.6 Å². The molecule has 1 atom stereocenters. The average Bonchev–Trinajstić information content (AvgIpc) is 2.66. The van der Waals surface area contributed by atoms with E-state index < -0.39 is 35.2 Å². The molecule has 2 aromatic rings. The van der Waals surface area contributed by atoms with Gasteiger partial charge in [0, 0.05) is 6.54 Å². The summed E-state index contributed by atoms with van der Waals surface area (Å²) in [5.41, 5.74) is -0.853. The zero-order chi connectivity index (χ0) is 20.7. The van der Waals surface area contributed by atoms with Crippen LogP contribution in [0.1, 0.15) is 18.4 Å². The molecule has 3 rings (SSSR count). The second-order valence-electron chi connectivity index (χ2n) is 5.94. The molecule has 28 heavy (non-hydrogen) atoms.